The van der Waals surface area contributed by atoms with Gasteiger partial charge in [-0.1, -0.05) is 17.7 Å². The highest BCUT2D eigenvalue weighted by Gasteiger charge is 2.15. The van der Waals surface area contributed by atoms with Crippen molar-refractivity contribution in [2.45, 2.75) is 17.7 Å². The Morgan fingerprint density at radius 3 is 2.53 bits per heavy atom. The number of aryl methyl sites for hydroxylation is 1. The summed E-state index contributed by atoms with van der Waals surface area (Å²) in [5.41, 5.74) is 0.415. The van der Waals surface area contributed by atoms with E-state index in [1.165, 1.54) is 18.2 Å². The van der Waals surface area contributed by atoms with Gasteiger partial charge in [0.1, 0.15) is 0 Å². The molecule has 4 nitrogen and oxygen atoms in total. The Morgan fingerprint density at radius 2 is 2.00 bits per heavy atom. The molecule has 1 N–H and O–H groups in total. The zero-order chi connectivity index (χ0) is 11.5. The molecule has 1 rings (SSSR count). The van der Waals surface area contributed by atoms with E-state index in [1.807, 2.05) is 0 Å². The molecule has 0 spiro atoms. The van der Waals surface area contributed by atoms with Crippen molar-refractivity contribution in [1.29, 1.82) is 0 Å². The van der Waals surface area contributed by atoms with Gasteiger partial charge in [0.15, 0.2) is 0 Å². The van der Waals surface area contributed by atoms with Crippen LogP contribution in [0.4, 0.5) is 0 Å². The molecule has 1 aromatic rings. The summed E-state index contributed by atoms with van der Waals surface area (Å²) in [5.74, 6) is 0. The fourth-order valence-electron chi connectivity index (χ4n) is 1.24. The number of hydrogen-bond acceptors (Lipinski definition) is 2. The Kier molecular flexibility index (Phi) is 4.10. The highest BCUT2D eigenvalue weighted by Crippen LogP contribution is 2.21. The van der Waals surface area contributed by atoms with Gasteiger partial charge in [-0.2, -0.15) is 8.42 Å². The van der Waals surface area contributed by atoms with Gasteiger partial charge in [-0.05, 0) is 30.5 Å². The highest BCUT2D eigenvalue weighted by molar-refractivity contribution is 7.85. The lowest BCUT2D eigenvalue weighted by Gasteiger charge is -2.06. The lowest BCUT2D eigenvalue weighted by molar-refractivity contribution is 0.189. The summed E-state index contributed by atoms with van der Waals surface area (Å²) in [4.78, 5) is -0.219. The number of halogens is 1. The molecule has 0 fully saturated rings. The number of hydrogen-bond donors (Lipinski definition) is 1. The van der Waals surface area contributed by atoms with Crippen LogP contribution in [0.25, 0.3) is 0 Å². The van der Waals surface area contributed by atoms with E-state index in [1.54, 1.807) is 0 Å². The van der Waals surface area contributed by atoms with E-state index in [0.29, 0.717) is 18.4 Å². The molecule has 0 amide bonds. The van der Waals surface area contributed by atoms with Crippen molar-refractivity contribution in [1.82, 2.24) is 0 Å². The third-order valence-corrected chi connectivity index (χ3v) is 3.07. The fraction of sp³-hybridized carbons (Fsp3) is 0.333. The third-order valence-electron chi connectivity index (χ3n) is 1.90. The van der Waals surface area contributed by atoms with Crippen molar-refractivity contribution in [3.8, 4) is 0 Å². The van der Waals surface area contributed by atoms with E-state index in [4.69, 9.17) is 16.2 Å². The van der Waals surface area contributed by atoms with Gasteiger partial charge in [0.25, 0.3) is 10.1 Å². The molecule has 0 saturated heterocycles. The van der Waals surface area contributed by atoms with Crippen molar-refractivity contribution in [3.63, 3.8) is 0 Å². The van der Waals surface area contributed by atoms with Gasteiger partial charge >= 0.3 is 0 Å². The molecule has 1 radical (unpaired) electrons. The number of rotatable bonds is 4. The first kappa shape index (κ1) is 12.4. The Hall–Kier alpha value is -0.620. The van der Waals surface area contributed by atoms with E-state index in [-0.39, 0.29) is 16.5 Å². The number of benzene rings is 1. The van der Waals surface area contributed by atoms with Crippen LogP contribution < -0.4 is 0 Å². The average Bonchev–Trinajstić information content (AvgIpc) is 2.14. The summed E-state index contributed by atoms with van der Waals surface area (Å²) < 4.78 is 30.9. The maximum Gasteiger partial charge on any atom is 0.294 e. The van der Waals surface area contributed by atoms with E-state index < -0.39 is 10.1 Å². The van der Waals surface area contributed by atoms with Crippen molar-refractivity contribution in [2.24, 2.45) is 0 Å². The first-order valence-corrected chi connectivity index (χ1v) is 6.11. The molecule has 0 aliphatic carbocycles. The van der Waals surface area contributed by atoms with Crippen LogP contribution in [0.2, 0.25) is 5.02 Å². The molecular weight excluding hydrogens is 240 g/mol. The maximum atomic E-state index is 11.0. The Labute approximate surface area is 93.3 Å². The van der Waals surface area contributed by atoms with Crippen LogP contribution in [0.15, 0.2) is 23.1 Å². The zero-order valence-electron chi connectivity index (χ0n) is 7.81. The van der Waals surface area contributed by atoms with E-state index >= 15 is 0 Å². The SMILES string of the molecule is [O]CCCc1ccc(Cl)cc1S(=O)(=O)O. The largest absolute Gasteiger partial charge is 0.294 e. The van der Waals surface area contributed by atoms with Crippen LogP contribution >= 0.6 is 11.6 Å². The minimum atomic E-state index is -4.27. The third kappa shape index (κ3) is 3.46. The summed E-state index contributed by atoms with van der Waals surface area (Å²) in [7, 11) is -4.27. The first-order chi connectivity index (χ1) is 6.95. The molecular formula is C9H10ClO4S. The summed E-state index contributed by atoms with van der Waals surface area (Å²) in [5, 5.41) is 10.5. The van der Waals surface area contributed by atoms with Crippen LogP contribution in [0.1, 0.15) is 12.0 Å². The van der Waals surface area contributed by atoms with Gasteiger partial charge in [-0.15, -0.1) is 0 Å². The van der Waals surface area contributed by atoms with Gasteiger partial charge in [-0.3, -0.25) is 4.55 Å². The summed E-state index contributed by atoms with van der Waals surface area (Å²) in [6.07, 6.45) is 0.639. The lowest BCUT2D eigenvalue weighted by Crippen LogP contribution is -2.03. The Morgan fingerprint density at radius 1 is 1.33 bits per heavy atom. The van der Waals surface area contributed by atoms with Crippen LogP contribution in [0, 0.1) is 0 Å². The predicted octanol–water partition coefficient (Wildman–Crippen LogP) is 1.95. The predicted molar refractivity (Wildman–Crippen MR) is 55.1 cm³/mol. The van der Waals surface area contributed by atoms with Crippen molar-refractivity contribution in [3.05, 3.63) is 28.8 Å². The lowest BCUT2D eigenvalue weighted by atomic mass is 10.1. The molecule has 1 aromatic carbocycles. The molecule has 0 aromatic heterocycles. The van der Waals surface area contributed by atoms with Crippen molar-refractivity contribution < 1.29 is 18.1 Å². The van der Waals surface area contributed by atoms with Crippen LogP contribution in [0.3, 0.4) is 0 Å². The monoisotopic (exact) mass is 249 g/mol. The highest BCUT2D eigenvalue weighted by atomic mass is 35.5. The quantitative estimate of drug-likeness (QED) is 0.829. The van der Waals surface area contributed by atoms with Crippen molar-refractivity contribution in [2.75, 3.05) is 6.61 Å². The molecule has 83 valence electrons. The summed E-state index contributed by atoms with van der Waals surface area (Å²) >= 11 is 5.62. The second-order valence-corrected chi connectivity index (χ2v) is 4.86. The molecule has 0 unspecified atom stereocenters. The minimum absolute atomic E-state index is 0.219. The normalized spacial score (nSPS) is 11.7. The van der Waals surface area contributed by atoms with Gasteiger partial charge in [0.05, 0.1) is 11.5 Å². The topological polar surface area (TPSA) is 74.3 Å². The Bertz CT molecular complexity index is 441. The molecule has 0 heterocycles. The molecule has 0 aliphatic heterocycles. The first-order valence-electron chi connectivity index (χ1n) is 4.29. The minimum Gasteiger partial charge on any atom is -0.282 e. The molecule has 15 heavy (non-hydrogen) atoms. The van der Waals surface area contributed by atoms with Gasteiger partial charge in [0.2, 0.25) is 0 Å². The summed E-state index contributed by atoms with van der Waals surface area (Å²) in [6, 6.07) is 4.20. The van der Waals surface area contributed by atoms with Gasteiger partial charge in [0, 0.05) is 5.02 Å². The fourth-order valence-corrected chi connectivity index (χ4v) is 2.25. The van der Waals surface area contributed by atoms with Crippen LogP contribution in [-0.2, 0) is 21.6 Å². The molecule has 0 atom stereocenters. The average molecular weight is 250 g/mol. The smallest absolute Gasteiger partial charge is 0.282 e. The maximum absolute atomic E-state index is 11.0. The van der Waals surface area contributed by atoms with Crippen LogP contribution in [0.5, 0.6) is 0 Å². The van der Waals surface area contributed by atoms with Gasteiger partial charge in [-0.25, -0.2) is 5.11 Å². The van der Waals surface area contributed by atoms with Gasteiger partial charge < -0.3 is 0 Å². The standard InChI is InChI=1S/C9H10ClO4S/c10-8-4-3-7(2-1-5-11)9(6-8)15(12,13)14/h3-4,6H,1-2,5H2,(H,12,13,14). The van der Waals surface area contributed by atoms with Crippen molar-refractivity contribution >= 4 is 21.7 Å². The molecule has 6 heteroatoms. The van der Waals surface area contributed by atoms with Crippen LogP contribution in [-0.4, -0.2) is 19.6 Å². The second-order valence-electron chi connectivity index (χ2n) is 3.03. The molecule has 0 saturated carbocycles. The van der Waals surface area contributed by atoms with E-state index in [9.17, 15) is 13.5 Å². The summed E-state index contributed by atoms with van der Waals surface area (Å²) in [6.45, 7) is -0.284. The second kappa shape index (κ2) is 4.94. The molecule has 0 aliphatic rings. The molecule has 0 bridgehead atoms. The van der Waals surface area contributed by atoms with E-state index in [2.05, 4.69) is 0 Å². The van der Waals surface area contributed by atoms with E-state index in [0.717, 1.165) is 0 Å². The zero-order valence-corrected chi connectivity index (χ0v) is 9.38. The Balaban J connectivity index is 3.15.